The Labute approximate surface area is 169 Å². The Morgan fingerprint density at radius 1 is 1.21 bits per heavy atom. The summed E-state index contributed by atoms with van der Waals surface area (Å²) in [5, 5.41) is 3.60. The van der Waals surface area contributed by atoms with E-state index in [0.29, 0.717) is 18.7 Å². The van der Waals surface area contributed by atoms with Gasteiger partial charge in [0.25, 0.3) is 5.91 Å². The minimum Gasteiger partial charge on any atom is -0.446 e. The standard InChI is InChI=1S/C19H23N3O6S/c1-13-18(14(2)28-21-13)29(25,26)20-12-16(23)27-17(15-8-4-3-5-9-15)19(24)22-10-6-7-11-22/h3-5,8-9,17,20H,6-7,10-12H2,1-2H3/t17-/m1/s1. The van der Waals surface area contributed by atoms with E-state index in [9.17, 15) is 18.0 Å². The molecule has 1 amide bonds. The number of esters is 1. The first-order chi connectivity index (χ1) is 13.8. The topological polar surface area (TPSA) is 119 Å². The second-order valence-corrected chi connectivity index (χ2v) is 8.49. The fourth-order valence-corrected chi connectivity index (χ4v) is 4.54. The van der Waals surface area contributed by atoms with E-state index in [-0.39, 0.29) is 22.3 Å². The first-order valence-electron chi connectivity index (χ1n) is 9.25. The second-order valence-electron chi connectivity index (χ2n) is 6.79. The monoisotopic (exact) mass is 421 g/mol. The fraction of sp³-hybridized carbons (Fsp3) is 0.421. The number of aryl methyl sites for hydroxylation is 2. The van der Waals surface area contributed by atoms with Crippen molar-refractivity contribution in [3.63, 3.8) is 0 Å². The van der Waals surface area contributed by atoms with Gasteiger partial charge in [0, 0.05) is 18.7 Å². The molecule has 156 valence electrons. The lowest BCUT2D eigenvalue weighted by atomic mass is 10.1. The predicted octanol–water partition coefficient (Wildman–Crippen LogP) is 1.48. The second kappa shape index (κ2) is 8.75. The maximum atomic E-state index is 12.8. The van der Waals surface area contributed by atoms with E-state index < -0.39 is 28.6 Å². The number of carbonyl (C=O) groups is 2. The average molecular weight is 421 g/mol. The van der Waals surface area contributed by atoms with Gasteiger partial charge in [-0.25, -0.2) is 8.42 Å². The summed E-state index contributed by atoms with van der Waals surface area (Å²) in [7, 11) is -4.01. The van der Waals surface area contributed by atoms with Crippen molar-refractivity contribution in [2.24, 2.45) is 0 Å². The number of nitrogens with one attached hydrogen (secondary N) is 1. The van der Waals surface area contributed by atoms with Crippen LogP contribution in [0.4, 0.5) is 0 Å². The molecule has 3 rings (SSSR count). The molecule has 0 bridgehead atoms. The van der Waals surface area contributed by atoms with Crippen molar-refractivity contribution >= 4 is 21.9 Å². The molecule has 29 heavy (non-hydrogen) atoms. The van der Waals surface area contributed by atoms with Gasteiger partial charge in [-0.3, -0.25) is 9.59 Å². The molecule has 10 heteroatoms. The zero-order chi connectivity index (χ0) is 21.0. The number of hydrogen-bond donors (Lipinski definition) is 1. The molecule has 1 aliphatic rings. The number of sulfonamides is 1. The van der Waals surface area contributed by atoms with Gasteiger partial charge < -0.3 is 14.2 Å². The van der Waals surface area contributed by atoms with Gasteiger partial charge in [0.2, 0.25) is 16.1 Å². The summed E-state index contributed by atoms with van der Waals surface area (Å²) in [6.07, 6.45) is 0.682. The van der Waals surface area contributed by atoms with E-state index in [2.05, 4.69) is 9.88 Å². The van der Waals surface area contributed by atoms with Crippen LogP contribution in [0.15, 0.2) is 39.8 Å². The molecule has 1 aliphatic heterocycles. The van der Waals surface area contributed by atoms with Crippen molar-refractivity contribution < 1.29 is 27.3 Å². The van der Waals surface area contributed by atoms with Gasteiger partial charge in [0.1, 0.15) is 17.1 Å². The Hall–Kier alpha value is -2.72. The molecule has 0 unspecified atom stereocenters. The molecule has 2 heterocycles. The van der Waals surface area contributed by atoms with Gasteiger partial charge >= 0.3 is 5.97 Å². The number of amides is 1. The van der Waals surface area contributed by atoms with Crippen LogP contribution in [-0.2, 0) is 24.3 Å². The Morgan fingerprint density at radius 2 is 1.86 bits per heavy atom. The molecule has 1 N–H and O–H groups in total. The fourth-order valence-electron chi connectivity index (χ4n) is 3.25. The maximum Gasteiger partial charge on any atom is 0.322 e. The molecule has 0 spiro atoms. The zero-order valence-electron chi connectivity index (χ0n) is 16.3. The lowest BCUT2D eigenvalue weighted by molar-refractivity contribution is -0.159. The molecular weight excluding hydrogens is 398 g/mol. The summed E-state index contributed by atoms with van der Waals surface area (Å²) >= 11 is 0. The number of ether oxygens (including phenoxy) is 1. The lowest BCUT2D eigenvalue weighted by Crippen LogP contribution is -2.37. The maximum absolute atomic E-state index is 12.8. The van der Waals surface area contributed by atoms with E-state index in [1.165, 1.54) is 13.8 Å². The highest BCUT2D eigenvalue weighted by Gasteiger charge is 2.32. The smallest absolute Gasteiger partial charge is 0.322 e. The molecule has 2 aromatic rings. The Morgan fingerprint density at radius 3 is 2.45 bits per heavy atom. The molecule has 1 aromatic carbocycles. The number of hydrogen-bond acceptors (Lipinski definition) is 7. The van der Waals surface area contributed by atoms with Gasteiger partial charge in [-0.2, -0.15) is 4.72 Å². The minimum absolute atomic E-state index is 0.113. The normalized spacial score (nSPS) is 15.3. The third-order valence-corrected chi connectivity index (χ3v) is 6.28. The molecule has 1 atom stereocenters. The SMILES string of the molecule is Cc1noc(C)c1S(=O)(=O)NCC(=O)O[C@@H](C(=O)N1CCCC1)c1ccccc1. The van der Waals surface area contributed by atoms with Crippen molar-refractivity contribution in [1.29, 1.82) is 0 Å². The number of rotatable bonds is 7. The molecule has 0 aliphatic carbocycles. The van der Waals surface area contributed by atoms with Crippen LogP contribution < -0.4 is 4.72 Å². The summed E-state index contributed by atoms with van der Waals surface area (Å²) in [6, 6.07) is 8.67. The van der Waals surface area contributed by atoms with Crippen LogP contribution in [0.3, 0.4) is 0 Å². The lowest BCUT2D eigenvalue weighted by Gasteiger charge is -2.23. The molecule has 1 saturated heterocycles. The van der Waals surface area contributed by atoms with Crippen LogP contribution in [-0.4, -0.2) is 50.0 Å². The van der Waals surface area contributed by atoms with Gasteiger partial charge in [-0.1, -0.05) is 35.5 Å². The number of nitrogens with zero attached hydrogens (tertiary/aromatic N) is 2. The highest BCUT2D eigenvalue weighted by molar-refractivity contribution is 7.89. The van der Waals surface area contributed by atoms with Crippen molar-refractivity contribution in [3.8, 4) is 0 Å². The van der Waals surface area contributed by atoms with Crippen molar-refractivity contribution in [2.45, 2.75) is 37.7 Å². The molecule has 0 saturated carbocycles. The van der Waals surface area contributed by atoms with Gasteiger partial charge in [-0.05, 0) is 26.7 Å². The van der Waals surface area contributed by atoms with Crippen molar-refractivity contribution in [2.75, 3.05) is 19.6 Å². The molecule has 0 radical (unpaired) electrons. The Balaban J connectivity index is 1.71. The number of aromatic nitrogens is 1. The zero-order valence-corrected chi connectivity index (χ0v) is 17.1. The van der Waals surface area contributed by atoms with Crippen LogP contribution in [0.1, 0.15) is 36.0 Å². The van der Waals surface area contributed by atoms with Crippen LogP contribution >= 0.6 is 0 Å². The number of carbonyl (C=O) groups excluding carboxylic acids is 2. The highest BCUT2D eigenvalue weighted by Crippen LogP contribution is 2.23. The van der Waals surface area contributed by atoms with E-state index in [1.54, 1.807) is 35.2 Å². The Bertz CT molecular complexity index is 961. The van der Waals surface area contributed by atoms with Crippen molar-refractivity contribution in [1.82, 2.24) is 14.8 Å². The van der Waals surface area contributed by atoms with Gasteiger partial charge in [0.15, 0.2) is 5.76 Å². The van der Waals surface area contributed by atoms with Crippen LogP contribution in [0, 0.1) is 13.8 Å². The first kappa shape index (κ1) is 21.0. The largest absolute Gasteiger partial charge is 0.446 e. The quantitative estimate of drug-likeness (QED) is 0.673. The van der Waals surface area contributed by atoms with E-state index >= 15 is 0 Å². The predicted molar refractivity (Wildman–Crippen MR) is 102 cm³/mol. The molecule has 1 fully saturated rings. The van der Waals surface area contributed by atoms with E-state index in [4.69, 9.17) is 9.26 Å². The number of likely N-dealkylation sites (tertiary alicyclic amines) is 1. The minimum atomic E-state index is -4.01. The molecular formula is C19H23N3O6S. The Kier molecular flexibility index (Phi) is 6.33. The first-order valence-corrected chi connectivity index (χ1v) is 10.7. The van der Waals surface area contributed by atoms with Crippen LogP contribution in [0.5, 0.6) is 0 Å². The summed E-state index contributed by atoms with van der Waals surface area (Å²) in [6.45, 7) is 3.55. The van der Waals surface area contributed by atoms with Crippen LogP contribution in [0.25, 0.3) is 0 Å². The van der Waals surface area contributed by atoms with Gasteiger partial charge in [0.05, 0.1) is 0 Å². The summed E-state index contributed by atoms with van der Waals surface area (Å²) in [5.74, 6) is -1.05. The van der Waals surface area contributed by atoms with Crippen molar-refractivity contribution in [3.05, 3.63) is 47.3 Å². The third-order valence-electron chi connectivity index (χ3n) is 4.64. The van der Waals surface area contributed by atoms with Gasteiger partial charge in [-0.15, -0.1) is 0 Å². The van der Waals surface area contributed by atoms with Crippen LogP contribution in [0.2, 0.25) is 0 Å². The third kappa shape index (κ3) is 4.83. The highest BCUT2D eigenvalue weighted by atomic mass is 32.2. The average Bonchev–Trinajstić information content (AvgIpc) is 3.35. The summed E-state index contributed by atoms with van der Waals surface area (Å²) in [4.78, 5) is 26.8. The van der Waals surface area contributed by atoms with E-state index in [1.807, 2.05) is 0 Å². The molecule has 1 aromatic heterocycles. The molecule has 9 nitrogen and oxygen atoms in total. The van der Waals surface area contributed by atoms with E-state index in [0.717, 1.165) is 12.8 Å². The summed E-state index contributed by atoms with van der Waals surface area (Å²) in [5.41, 5.74) is 0.723. The number of benzene rings is 1. The summed E-state index contributed by atoms with van der Waals surface area (Å²) < 4.78 is 37.3.